The third kappa shape index (κ3) is 3.40. The number of anilines is 1. The Bertz CT molecular complexity index is 733. The predicted octanol–water partition coefficient (Wildman–Crippen LogP) is 1.77. The Morgan fingerprint density at radius 1 is 1.12 bits per heavy atom. The van der Waals surface area contributed by atoms with E-state index in [-0.39, 0.29) is 12.0 Å². The molecule has 2 aliphatic rings. The first-order valence-electron chi connectivity index (χ1n) is 8.73. The molecule has 0 bridgehead atoms. The number of aromatic nitrogens is 3. The minimum absolute atomic E-state index is 0.0221. The molecule has 2 saturated heterocycles. The van der Waals surface area contributed by atoms with Crippen LogP contribution in [0.4, 0.5) is 5.82 Å². The summed E-state index contributed by atoms with van der Waals surface area (Å²) in [5.74, 6) is 1.63. The SMILES string of the molecule is O=C(c1cnccn1)N1CC[C@@H](Oc2cccnc2N2CCCC2)C1. The van der Waals surface area contributed by atoms with Crippen LogP contribution in [0.5, 0.6) is 5.75 Å². The maximum atomic E-state index is 12.5. The molecule has 0 spiro atoms. The molecule has 0 N–H and O–H groups in total. The molecule has 0 aromatic carbocycles. The number of carbonyl (C=O) groups is 1. The van der Waals surface area contributed by atoms with Crippen LogP contribution in [0.1, 0.15) is 29.8 Å². The monoisotopic (exact) mass is 339 g/mol. The Labute approximate surface area is 146 Å². The van der Waals surface area contributed by atoms with Crippen molar-refractivity contribution >= 4 is 11.7 Å². The van der Waals surface area contributed by atoms with E-state index in [9.17, 15) is 4.79 Å². The van der Waals surface area contributed by atoms with E-state index in [4.69, 9.17) is 4.74 Å². The van der Waals surface area contributed by atoms with E-state index in [1.807, 2.05) is 12.1 Å². The minimum atomic E-state index is -0.0925. The molecule has 1 amide bonds. The van der Waals surface area contributed by atoms with Gasteiger partial charge < -0.3 is 14.5 Å². The van der Waals surface area contributed by atoms with E-state index >= 15 is 0 Å². The zero-order chi connectivity index (χ0) is 17.1. The molecule has 7 heteroatoms. The van der Waals surface area contributed by atoms with Crippen LogP contribution in [-0.2, 0) is 0 Å². The zero-order valence-electron chi connectivity index (χ0n) is 14.0. The van der Waals surface area contributed by atoms with Crippen molar-refractivity contribution in [3.63, 3.8) is 0 Å². The molecular formula is C18H21N5O2. The minimum Gasteiger partial charge on any atom is -0.485 e. The standard InChI is InChI=1S/C18H21N5O2/c24-18(15-12-19-7-8-20-15)23-11-5-14(13-23)25-16-4-3-6-21-17(16)22-9-1-2-10-22/h3-4,6-8,12,14H,1-2,5,9-11,13H2/t14-/m1/s1. The van der Waals surface area contributed by atoms with Crippen molar-refractivity contribution in [2.45, 2.75) is 25.4 Å². The van der Waals surface area contributed by atoms with Gasteiger partial charge in [-0.25, -0.2) is 9.97 Å². The smallest absolute Gasteiger partial charge is 0.274 e. The average molecular weight is 339 g/mol. The number of amides is 1. The van der Waals surface area contributed by atoms with Gasteiger partial charge >= 0.3 is 0 Å². The van der Waals surface area contributed by atoms with Gasteiger partial charge in [0, 0.05) is 44.6 Å². The van der Waals surface area contributed by atoms with Crippen molar-refractivity contribution in [2.24, 2.45) is 0 Å². The lowest BCUT2D eigenvalue weighted by molar-refractivity contribution is 0.0766. The number of pyridine rings is 1. The molecular weight excluding hydrogens is 318 g/mol. The lowest BCUT2D eigenvalue weighted by Gasteiger charge is -2.22. The third-order valence-corrected chi connectivity index (χ3v) is 4.66. The molecule has 2 aliphatic heterocycles. The second-order valence-corrected chi connectivity index (χ2v) is 6.39. The third-order valence-electron chi connectivity index (χ3n) is 4.66. The van der Waals surface area contributed by atoms with Gasteiger partial charge in [0.15, 0.2) is 11.6 Å². The molecule has 0 radical (unpaired) electrons. The van der Waals surface area contributed by atoms with Crippen LogP contribution in [0.15, 0.2) is 36.9 Å². The lowest BCUT2D eigenvalue weighted by atomic mass is 10.3. The van der Waals surface area contributed by atoms with Crippen LogP contribution in [0.2, 0.25) is 0 Å². The Hall–Kier alpha value is -2.70. The van der Waals surface area contributed by atoms with Crippen LogP contribution in [0.3, 0.4) is 0 Å². The van der Waals surface area contributed by atoms with Gasteiger partial charge in [0.2, 0.25) is 0 Å². The highest BCUT2D eigenvalue weighted by Crippen LogP contribution is 2.30. The molecule has 0 saturated carbocycles. The zero-order valence-corrected chi connectivity index (χ0v) is 14.0. The van der Waals surface area contributed by atoms with Gasteiger partial charge in [-0.3, -0.25) is 9.78 Å². The van der Waals surface area contributed by atoms with Gasteiger partial charge in [-0.1, -0.05) is 0 Å². The molecule has 7 nitrogen and oxygen atoms in total. The molecule has 4 heterocycles. The molecule has 2 aromatic rings. The summed E-state index contributed by atoms with van der Waals surface area (Å²) in [5.41, 5.74) is 0.377. The van der Waals surface area contributed by atoms with Gasteiger partial charge in [-0.05, 0) is 25.0 Å². The summed E-state index contributed by atoms with van der Waals surface area (Å²) in [5, 5.41) is 0. The maximum absolute atomic E-state index is 12.5. The molecule has 0 unspecified atom stereocenters. The molecule has 2 fully saturated rings. The number of ether oxygens (including phenoxy) is 1. The highest BCUT2D eigenvalue weighted by Gasteiger charge is 2.30. The molecule has 25 heavy (non-hydrogen) atoms. The lowest BCUT2D eigenvalue weighted by Crippen LogP contribution is -2.31. The van der Waals surface area contributed by atoms with E-state index in [0.29, 0.717) is 18.8 Å². The fourth-order valence-corrected chi connectivity index (χ4v) is 3.40. The van der Waals surface area contributed by atoms with E-state index in [1.54, 1.807) is 17.3 Å². The van der Waals surface area contributed by atoms with Crippen molar-refractivity contribution in [1.29, 1.82) is 0 Å². The maximum Gasteiger partial charge on any atom is 0.274 e. The Kier molecular flexibility index (Phi) is 4.45. The summed E-state index contributed by atoms with van der Waals surface area (Å²) < 4.78 is 6.20. The largest absolute Gasteiger partial charge is 0.485 e. The summed E-state index contributed by atoms with van der Waals surface area (Å²) >= 11 is 0. The van der Waals surface area contributed by atoms with E-state index < -0.39 is 0 Å². The van der Waals surface area contributed by atoms with Gasteiger partial charge in [0.25, 0.3) is 5.91 Å². The fourth-order valence-electron chi connectivity index (χ4n) is 3.40. The first-order valence-corrected chi connectivity index (χ1v) is 8.73. The van der Waals surface area contributed by atoms with Crippen molar-refractivity contribution in [1.82, 2.24) is 19.9 Å². The molecule has 0 aliphatic carbocycles. The van der Waals surface area contributed by atoms with E-state index in [1.165, 1.54) is 25.2 Å². The molecule has 130 valence electrons. The van der Waals surface area contributed by atoms with Crippen molar-refractivity contribution in [2.75, 3.05) is 31.1 Å². The predicted molar refractivity (Wildman–Crippen MR) is 92.7 cm³/mol. The van der Waals surface area contributed by atoms with Gasteiger partial charge in [0.1, 0.15) is 11.8 Å². The summed E-state index contributed by atoms with van der Waals surface area (Å²) in [7, 11) is 0. The number of likely N-dealkylation sites (tertiary alicyclic amines) is 1. The first kappa shape index (κ1) is 15.8. The number of nitrogens with zero attached hydrogens (tertiary/aromatic N) is 5. The van der Waals surface area contributed by atoms with Crippen LogP contribution < -0.4 is 9.64 Å². The summed E-state index contributed by atoms with van der Waals surface area (Å²) in [6, 6.07) is 3.86. The first-order chi connectivity index (χ1) is 12.3. The summed E-state index contributed by atoms with van der Waals surface area (Å²) in [4.78, 5) is 29.1. The second kappa shape index (κ2) is 7.04. The van der Waals surface area contributed by atoms with Crippen molar-refractivity contribution < 1.29 is 9.53 Å². The summed E-state index contributed by atoms with van der Waals surface area (Å²) in [6.07, 6.45) is 9.58. The van der Waals surface area contributed by atoms with Crippen LogP contribution in [0.25, 0.3) is 0 Å². The molecule has 4 rings (SSSR count). The van der Waals surface area contributed by atoms with E-state index in [0.717, 1.165) is 31.1 Å². The quantitative estimate of drug-likeness (QED) is 0.845. The normalized spacial score (nSPS) is 20.1. The number of hydrogen-bond donors (Lipinski definition) is 0. The highest BCUT2D eigenvalue weighted by molar-refractivity contribution is 5.92. The topological polar surface area (TPSA) is 71.5 Å². The summed E-state index contributed by atoms with van der Waals surface area (Å²) in [6.45, 7) is 3.27. The second-order valence-electron chi connectivity index (χ2n) is 6.39. The number of rotatable bonds is 4. The van der Waals surface area contributed by atoms with Gasteiger partial charge in [0.05, 0.1) is 12.7 Å². The molecule has 1 atom stereocenters. The van der Waals surface area contributed by atoms with Crippen LogP contribution in [-0.4, -0.2) is 58.0 Å². The average Bonchev–Trinajstić information content (AvgIpc) is 3.34. The van der Waals surface area contributed by atoms with Crippen molar-refractivity contribution in [3.05, 3.63) is 42.6 Å². The van der Waals surface area contributed by atoms with Gasteiger partial charge in [-0.2, -0.15) is 0 Å². The Morgan fingerprint density at radius 2 is 2.00 bits per heavy atom. The number of carbonyl (C=O) groups excluding carboxylic acids is 1. The Balaban J connectivity index is 1.42. The van der Waals surface area contributed by atoms with Crippen LogP contribution >= 0.6 is 0 Å². The molecule has 2 aromatic heterocycles. The fraction of sp³-hybridized carbons (Fsp3) is 0.444. The highest BCUT2D eigenvalue weighted by atomic mass is 16.5. The Morgan fingerprint density at radius 3 is 2.80 bits per heavy atom. The van der Waals surface area contributed by atoms with E-state index in [2.05, 4.69) is 19.9 Å². The van der Waals surface area contributed by atoms with Crippen molar-refractivity contribution in [3.8, 4) is 5.75 Å². The van der Waals surface area contributed by atoms with Crippen LogP contribution in [0, 0.1) is 0 Å². The van der Waals surface area contributed by atoms with Gasteiger partial charge in [-0.15, -0.1) is 0 Å². The number of hydrogen-bond acceptors (Lipinski definition) is 6.